The lowest BCUT2D eigenvalue weighted by Gasteiger charge is -2.19. The van der Waals surface area contributed by atoms with Crippen molar-refractivity contribution in [3.63, 3.8) is 0 Å². The van der Waals surface area contributed by atoms with E-state index in [9.17, 15) is 26.4 Å². The molecule has 2 rings (SSSR count). The highest BCUT2D eigenvalue weighted by atomic mass is 35.5. The van der Waals surface area contributed by atoms with Crippen LogP contribution in [0.4, 0.5) is 18.9 Å². The molecular weight excluding hydrogens is 457 g/mol. The smallest absolute Gasteiger partial charge is 0.367 e. The molecule has 0 aliphatic carbocycles. The van der Waals surface area contributed by atoms with Gasteiger partial charge in [0.2, 0.25) is 10.0 Å². The van der Waals surface area contributed by atoms with E-state index in [0.29, 0.717) is 5.56 Å². The number of nitrogens with zero attached hydrogens (tertiary/aromatic N) is 1. The Morgan fingerprint density at radius 1 is 1.10 bits per heavy atom. The molecule has 6 nitrogen and oxygen atoms in total. The molecule has 0 spiro atoms. The van der Waals surface area contributed by atoms with Crippen molar-refractivity contribution < 1.29 is 31.1 Å². The van der Waals surface area contributed by atoms with Gasteiger partial charge in [0.15, 0.2) is 0 Å². The molecule has 0 aliphatic heterocycles. The first-order chi connectivity index (χ1) is 14.5. The standard InChI is InChI=1S/C20H22ClF3N2O4S/c1-3-26(4-2)31(28,29)18-11-16(9-10-17(18)21)25-19(27)15-7-5-14(6-8-15)12-30-13-20(22,23)24/h5-11H,3-4,12-13H2,1-2H3,(H,25,27). The Labute approximate surface area is 184 Å². The quantitative estimate of drug-likeness (QED) is 0.566. The lowest BCUT2D eigenvalue weighted by atomic mass is 10.1. The van der Waals surface area contributed by atoms with Crippen molar-refractivity contribution in [3.05, 3.63) is 58.6 Å². The lowest BCUT2D eigenvalue weighted by Crippen LogP contribution is -2.30. The summed E-state index contributed by atoms with van der Waals surface area (Å²) in [5.74, 6) is -0.517. The number of carbonyl (C=O) groups excluding carboxylic acids is 1. The van der Waals surface area contributed by atoms with Gasteiger partial charge < -0.3 is 10.1 Å². The van der Waals surface area contributed by atoms with Crippen LogP contribution < -0.4 is 5.32 Å². The van der Waals surface area contributed by atoms with Crippen LogP contribution in [0.5, 0.6) is 0 Å². The van der Waals surface area contributed by atoms with Crippen molar-refractivity contribution >= 4 is 33.2 Å². The molecule has 170 valence electrons. The van der Waals surface area contributed by atoms with Crippen LogP contribution in [0.15, 0.2) is 47.4 Å². The first-order valence-electron chi connectivity index (χ1n) is 9.32. The number of alkyl halides is 3. The summed E-state index contributed by atoms with van der Waals surface area (Å²) in [7, 11) is -3.82. The second kappa shape index (κ2) is 10.4. The summed E-state index contributed by atoms with van der Waals surface area (Å²) in [4.78, 5) is 12.4. The van der Waals surface area contributed by atoms with Gasteiger partial charge in [0, 0.05) is 24.3 Å². The molecule has 1 amide bonds. The largest absolute Gasteiger partial charge is 0.411 e. The summed E-state index contributed by atoms with van der Waals surface area (Å²) in [6, 6.07) is 9.96. The molecule has 0 atom stereocenters. The van der Waals surface area contributed by atoms with Gasteiger partial charge in [-0.3, -0.25) is 4.79 Å². The van der Waals surface area contributed by atoms with Gasteiger partial charge in [0.25, 0.3) is 5.91 Å². The normalized spacial score (nSPS) is 12.2. The van der Waals surface area contributed by atoms with E-state index in [-0.39, 0.29) is 40.9 Å². The molecule has 0 radical (unpaired) electrons. The highest BCUT2D eigenvalue weighted by Crippen LogP contribution is 2.28. The number of sulfonamides is 1. The zero-order valence-electron chi connectivity index (χ0n) is 16.9. The third-order valence-corrected chi connectivity index (χ3v) is 6.79. The van der Waals surface area contributed by atoms with E-state index in [0.717, 1.165) is 0 Å². The monoisotopic (exact) mass is 478 g/mol. The van der Waals surface area contributed by atoms with Gasteiger partial charge in [-0.15, -0.1) is 0 Å². The average Bonchev–Trinajstić information content (AvgIpc) is 2.69. The minimum Gasteiger partial charge on any atom is -0.367 e. The Morgan fingerprint density at radius 2 is 1.71 bits per heavy atom. The van der Waals surface area contributed by atoms with Crippen molar-refractivity contribution in [1.29, 1.82) is 0 Å². The van der Waals surface area contributed by atoms with E-state index in [1.165, 1.54) is 46.8 Å². The minimum absolute atomic E-state index is 0.0353. The fourth-order valence-electron chi connectivity index (χ4n) is 2.72. The highest BCUT2D eigenvalue weighted by Gasteiger charge is 2.27. The van der Waals surface area contributed by atoms with Crippen molar-refractivity contribution in [2.75, 3.05) is 25.0 Å². The van der Waals surface area contributed by atoms with Gasteiger partial charge in [-0.25, -0.2) is 8.42 Å². The average molecular weight is 479 g/mol. The second-order valence-corrected chi connectivity index (χ2v) is 8.81. The Bertz CT molecular complexity index is 1010. The fraction of sp³-hybridized carbons (Fsp3) is 0.350. The molecule has 2 aromatic rings. The minimum atomic E-state index is -4.41. The number of halogens is 4. The van der Waals surface area contributed by atoms with Crippen LogP contribution in [0.1, 0.15) is 29.8 Å². The Kier molecular flexibility index (Phi) is 8.47. The number of amides is 1. The molecule has 0 saturated heterocycles. The molecule has 1 N–H and O–H groups in total. The summed E-state index contributed by atoms with van der Waals surface area (Å²) < 4.78 is 67.7. The van der Waals surface area contributed by atoms with Crippen LogP contribution in [-0.2, 0) is 21.4 Å². The van der Waals surface area contributed by atoms with Gasteiger partial charge in [-0.05, 0) is 35.9 Å². The van der Waals surface area contributed by atoms with Gasteiger partial charge in [-0.1, -0.05) is 37.6 Å². The molecule has 0 aromatic heterocycles. The Morgan fingerprint density at radius 3 is 2.26 bits per heavy atom. The van der Waals surface area contributed by atoms with Crippen LogP contribution >= 0.6 is 11.6 Å². The molecule has 2 aromatic carbocycles. The molecule has 0 saturated carbocycles. The van der Waals surface area contributed by atoms with E-state index in [2.05, 4.69) is 10.1 Å². The highest BCUT2D eigenvalue weighted by molar-refractivity contribution is 7.89. The van der Waals surface area contributed by atoms with Crippen LogP contribution in [0, 0.1) is 0 Å². The van der Waals surface area contributed by atoms with E-state index >= 15 is 0 Å². The van der Waals surface area contributed by atoms with Crippen LogP contribution in [0.2, 0.25) is 5.02 Å². The molecular formula is C20H22ClF3N2O4S. The number of rotatable bonds is 9. The molecule has 0 fully saturated rings. The molecule has 11 heteroatoms. The van der Waals surface area contributed by atoms with E-state index < -0.39 is 28.7 Å². The van der Waals surface area contributed by atoms with E-state index in [1.54, 1.807) is 13.8 Å². The van der Waals surface area contributed by atoms with Gasteiger partial charge >= 0.3 is 6.18 Å². The first kappa shape index (κ1) is 25.1. The van der Waals surface area contributed by atoms with Crippen LogP contribution in [-0.4, -0.2) is 44.5 Å². The number of hydrogen-bond donors (Lipinski definition) is 1. The maximum absolute atomic E-state index is 12.8. The number of carbonyl (C=O) groups is 1. The van der Waals surface area contributed by atoms with Gasteiger partial charge in [0.1, 0.15) is 11.5 Å². The summed E-state index contributed by atoms with van der Waals surface area (Å²) in [5.41, 5.74) is 0.945. The third-order valence-electron chi connectivity index (χ3n) is 4.26. The summed E-state index contributed by atoms with van der Waals surface area (Å²) >= 11 is 6.08. The summed E-state index contributed by atoms with van der Waals surface area (Å²) in [6.07, 6.45) is -4.41. The number of anilines is 1. The molecule has 0 bridgehead atoms. The maximum atomic E-state index is 12.8. The van der Waals surface area contributed by atoms with Crippen molar-refractivity contribution in [1.82, 2.24) is 4.31 Å². The third kappa shape index (κ3) is 6.93. The predicted molar refractivity (Wildman–Crippen MR) is 112 cm³/mol. The Balaban J connectivity index is 2.12. The van der Waals surface area contributed by atoms with Crippen molar-refractivity contribution in [2.24, 2.45) is 0 Å². The lowest BCUT2D eigenvalue weighted by molar-refractivity contribution is -0.176. The Hall–Kier alpha value is -2.14. The van der Waals surface area contributed by atoms with Crippen LogP contribution in [0.3, 0.4) is 0 Å². The number of benzene rings is 2. The number of hydrogen-bond acceptors (Lipinski definition) is 4. The molecule has 0 heterocycles. The summed E-state index contributed by atoms with van der Waals surface area (Å²) in [6.45, 7) is 2.35. The molecule has 0 unspecified atom stereocenters. The molecule has 0 aliphatic rings. The first-order valence-corrected chi connectivity index (χ1v) is 11.1. The zero-order chi connectivity index (χ0) is 23.2. The predicted octanol–water partition coefficient (Wildman–Crippen LogP) is 4.70. The van der Waals surface area contributed by atoms with Gasteiger partial charge in [-0.2, -0.15) is 17.5 Å². The van der Waals surface area contributed by atoms with Crippen LogP contribution in [0.25, 0.3) is 0 Å². The fourth-order valence-corrected chi connectivity index (χ4v) is 4.68. The second-order valence-electron chi connectivity index (χ2n) is 6.49. The maximum Gasteiger partial charge on any atom is 0.411 e. The zero-order valence-corrected chi connectivity index (χ0v) is 18.4. The molecule has 31 heavy (non-hydrogen) atoms. The van der Waals surface area contributed by atoms with Gasteiger partial charge in [0.05, 0.1) is 11.6 Å². The topological polar surface area (TPSA) is 75.7 Å². The summed E-state index contributed by atoms with van der Waals surface area (Å²) in [5, 5.41) is 2.63. The van der Waals surface area contributed by atoms with Crippen molar-refractivity contribution in [3.8, 4) is 0 Å². The number of nitrogens with one attached hydrogen (secondary N) is 1. The van der Waals surface area contributed by atoms with E-state index in [1.807, 2.05) is 0 Å². The van der Waals surface area contributed by atoms with E-state index in [4.69, 9.17) is 11.6 Å². The number of ether oxygens (including phenoxy) is 1. The van der Waals surface area contributed by atoms with Crippen molar-refractivity contribution in [2.45, 2.75) is 31.5 Å². The SMILES string of the molecule is CCN(CC)S(=O)(=O)c1cc(NC(=O)c2ccc(COCC(F)(F)F)cc2)ccc1Cl.